The van der Waals surface area contributed by atoms with Crippen LogP contribution in [-0.4, -0.2) is 41.6 Å². The molecule has 0 spiro atoms. The van der Waals surface area contributed by atoms with E-state index in [1.165, 1.54) is 7.11 Å². The number of carbonyl (C=O) groups is 2. The lowest BCUT2D eigenvalue weighted by atomic mass is 10.3. The second kappa shape index (κ2) is 9.02. The summed E-state index contributed by atoms with van der Waals surface area (Å²) in [5.41, 5.74) is 1.67. The molecule has 0 saturated heterocycles. The van der Waals surface area contributed by atoms with Crippen molar-refractivity contribution in [3.63, 3.8) is 0 Å². The van der Waals surface area contributed by atoms with Crippen molar-refractivity contribution in [2.75, 3.05) is 20.3 Å². The summed E-state index contributed by atoms with van der Waals surface area (Å²) in [6.07, 6.45) is 1.99. The maximum atomic E-state index is 12.2. The number of carbonyl (C=O) groups excluding carboxylic acids is 2. The number of ether oxygens (including phenoxy) is 1. The van der Waals surface area contributed by atoms with Gasteiger partial charge in [0.25, 0.3) is 0 Å². The van der Waals surface area contributed by atoms with Gasteiger partial charge in [-0.25, -0.2) is 4.98 Å². The number of imidazole rings is 1. The molecule has 130 valence electrons. The van der Waals surface area contributed by atoms with Gasteiger partial charge in [-0.2, -0.15) is 0 Å². The van der Waals surface area contributed by atoms with E-state index in [2.05, 4.69) is 22.5 Å². The van der Waals surface area contributed by atoms with E-state index in [1.807, 2.05) is 28.8 Å². The molecule has 0 radical (unpaired) electrons. The smallest absolute Gasteiger partial charge is 0.246 e. The molecule has 1 aromatic heterocycles. The van der Waals surface area contributed by atoms with Crippen LogP contribution in [0.1, 0.15) is 25.6 Å². The first-order valence-electron chi connectivity index (χ1n) is 8.12. The highest BCUT2D eigenvalue weighted by Crippen LogP contribution is 2.16. The first kappa shape index (κ1) is 17.9. The van der Waals surface area contributed by atoms with Crippen LogP contribution in [0, 0.1) is 0 Å². The Bertz CT molecular complexity index is 696. The van der Waals surface area contributed by atoms with Gasteiger partial charge in [0.1, 0.15) is 19.0 Å². The fourth-order valence-corrected chi connectivity index (χ4v) is 2.40. The van der Waals surface area contributed by atoms with E-state index in [-0.39, 0.29) is 31.5 Å². The standard InChI is InChI=1S/C17H24N4O3/c1-3-4-9-18-16(22)11-21-14-8-6-5-7-13(14)20-15(21)10-19-17(23)12-24-2/h5-8H,3-4,9-12H2,1-2H3,(H,18,22)(H,19,23). The third kappa shape index (κ3) is 4.79. The number of amides is 2. The molecule has 2 aromatic rings. The van der Waals surface area contributed by atoms with Crippen molar-refractivity contribution < 1.29 is 14.3 Å². The summed E-state index contributed by atoms with van der Waals surface area (Å²) < 4.78 is 6.63. The quantitative estimate of drug-likeness (QED) is 0.676. The van der Waals surface area contributed by atoms with Gasteiger partial charge in [-0.1, -0.05) is 25.5 Å². The van der Waals surface area contributed by atoms with Crippen LogP contribution in [0.4, 0.5) is 0 Å². The van der Waals surface area contributed by atoms with Crippen LogP contribution in [0.2, 0.25) is 0 Å². The Kier molecular flexibility index (Phi) is 6.74. The molecule has 1 aromatic carbocycles. The van der Waals surface area contributed by atoms with E-state index >= 15 is 0 Å². The highest BCUT2D eigenvalue weighted by atomic mass is 16.5. The zero-order valence-corrected chi connectivity index (χ0v) is 14.2. The van der Waals surface area contributed by atoms with Gasteiger partial charge in [0.15, 0.2) is 0 Å². The fraction of sp³-hybridized carbons (Fsp3) is 0.471. The molecule has 0 saturated carbocycles. The van der Waals surface area contributed by atoms with E-state index in [0.717, 1.165) is 23.9 Å². The molecule has 0 bridgehead atoms. The predicted molar refractivity (Wildman–Crippen MR) is 91.4 cm³/mol. The van der Waals surface area contributed by atoms with Gasteiger partial charge in [-0.15, -0.1) is 0 Å². The molecule has 2 N–H and O–H groups in total. The Labute approximate surface area is 141 Å². The van der Waals surface area contributed by atoms with Crippen LogP contribution < -0.4 is 10.6 Å². The topological polar surface area (TPSA) is 85.2 Å². The van der Waals surface area contributed by atoms with Crippen LogP contribution in [0.25, 0.3) is 11.0 Å². The van der Waals surface area contributed by atoms with Gasteiger partial charge in [-0.3, -0.25) is 9.59 Å². The average molecular weight is 332 g/mol. The molecule has 0 atom stereocenters. The lowest BCUT2D eigenvalue weighted by Gasteiger charge is -2.10. The van der Waals surface area contributed by atoms with Crippen LogP contribution >= 0.6 is 0 Å². The Morgan fingerprint density at radius 3 is 2.75 bits per heavy atom. The molecular formula is C17H24N4O3. The van der Waals surface area contributed by atoms with Gasteiger partial charge in [0.05, 0.1) is 17.6 Å². The molecule has 0 fully saturated rings. The molecule has 7 heteroatoms. The Morgan fingerprint density at radius 2 is 2.00 bits per heavy atom. The number of aromatic nitrogens is 2. The molecular weight excluding hydrogens is 308 g/mol. The first-order valence-corrected chi connectivity index (χ1v) is 8.12. The summed E-state index contributed by atoms with van der Waals surface area (Å²) in [6.45, 7) is 3.18. The monoisotopic (exact) mass is 332 g/mol. The van der Waals surface area contributed by atoms with Crippen molar-refractivity contribution >= 4 is 22.8 Å². The molecule has 1 heterocycles. The van der Waals surface area contributed by atoms with Gasteiger partial charge in [-0.05, 0) is 18.6 Å². The minimum absolute atomic E-state index is 0.00225. The van der Waals surface area contributed by atoms with Crippen molar-refractivity contribution in [2.24, 2.45) is 0 Å². The van der Waals surface area contributed by atoms with E-state index in [9.17, 15) is 9.59 Å². The number of hydrogen-bond acceptors (Lipinski definition) is 4. The molecule has 0 unspecified atom stereocenters. The largest absolute Gasteiger partial charge is 0.375 e. The van der Waals surface area contributed by atoms with E-state index in [1.54, 1.807) is 0 Å². The van der Waals surface area contributed by atoms with E-state index in [4.69, 9.17) is 4.74 Å². The number of rotatable bonds is 9. The molecule has 24 heavy (non-hydrogen) atoms. The highest BCUT2D eigenvalue weighted by Gasteiger charge is 2.14. The van der Waals surface area contributed by atoms with Gasteiger partial charge in [0.2, 0.25) is 11.8 Å². The third-order valence-corrected chi connectivity index (χ3v) is 3.61. The Balaban J connectivity index is 2.14. The number of unbranched alkanes of at least 4 members (excludes halogenated alkanes) is 1. The number of nitrogens with one attached hydrogen (secondary N) is 2. The molecule has 2 rings (SSSR count). The number of fused-ring (bicyclic) bond motifs is 1. The zero-order valence-electron chi connectivity index (χ0n) is 14.2. The maximum Gasteiger partial charge on any atom is 0.246 e. The van der Waals surface area contributed by atoms with Crippen LogP contribution in [0.15, 0.2) is 24.3 Å². The molecule has 0 aliphatic carbocycles. The zero-order chi connectivity index (χ0) is 17.4. The summed E-state index contributed by atoms with van der Waals surface area (Å²) in [5.74, 6) is 0.367. The minimum atomic E-state index is -0.219. The summed E-state index contributed by atoms with van der Waals surface area (Å²) in [6, 6.07) is 7.61. The normalized spacial score (nSPS) is 10.8. The molecule has 7 nitrogen and oxygen atoms in total. The number of methoxy groups -OCH3 is 1. The Hall–Kier alpha value is -2.41. The molecule has 0 aliphatic heterocycles. The number of para-hydroxylation sites is 2. The van der Waals surface area contributed by atoms with Crippen molar-refractivity contribution in [3.8, 4) is 0 Å². The van der Waals surface area contributed by atoms with Gasteiger partial charge in [0, 0.05) is 13.7 Å². The van der Waals surface area contributed by atoms with Crippen molar-refractivity contribution in [2.45, 2.75) is 32.9 Å². The molecule has 2 amide bonds. The molecule has 0 aliphatic rings. The van der Waals surface area contributed by atoms with Crippen LogP contribution in [-0.2, 0) is 27.4 Å². The second-order valence-electron chi connectivity index (χ2n) is 5.52. The highest BCUT2D eigenvalue weighted by molar-refractivity contribution is 5.81. The summed E-state index contributed by atoms with van der Waals surface area (Å²) in [7, 11) is 1.47. The number of benzene rings is 1. The van der Waals surface area contributed by atoms with Crippen molar-refractivity contribution in [3.05, 3.63) is 30.1 Å². The SMILES string of the molecule is CCCCNC(=O)Cn1c(CNC(=O)COC)nc2ccccc21. The minimum Gasteiger partial charge on any atom is -0.375 e. The first-order chi connectivity index (χ1) is 11.7. The van der Waals surface area contributed by atoms with Crippen LogP contribution in [0.3, 0.4) is 0 Å². The number of nitrogens with zero attached hydrogens (tertiary/aromatic N) is 2. The van der Waals surface area contributed by atoms with E-state index in [0.29, 0.717) is 12.4 Å². The lowest BCUT2D eigenvalue weighted by Crippen LogP contribution is -2.31. The van der Waals surface area contributed by atoms with Gasteiger partial charge >= 0.3 is 0 Å². The average Bonchev–Trinajstić information content (AvgIpc) is 2.91. The predicted octanol–water partition coefficient (Wildman–Crippen LogP) is 1.22. The fourth-order valence-electron chi connectivity index (χ4n) is 2.40. The van der Waals surface area contributed by atoms with Crippen molar-refractivity contribution in [1.82, 2.24) is 20.2 Å². The summed E-state index contributed by atoms with van der Waals surface area (Å²) in [4.78, 5) is 28.3. The van der Waals surface area contributed by atoms with Crippen molar-refractivity contribution in [1.29, 1.82) is 0 Å². The second-order valence-corrected chi connectivity index (χ2v) is 5.52. The Morgan fingerprint density at radius 1 is 1.21 bits per heavy atom. The van der Waals surface area contributed by atoms with Gasteiger partial charge < -0.3 is 19.9 Å². The number of hydrogen-bond donors (Lipinski definition) is 2. The maximum absolute atomic E-state index is 12.2. The lowest BCUT2D eigenvalue weighted by molar-refractivity contribution is -0.124. The van der Waals surface area contributed by atoms with E-state index < -0.39 is 0 Å². The van der Waals surface area contributed by atoms with Crippen LogP contribution in [0.5, 0.6) is 0 Å². The summed E-state index contributed by atoms with van der Waals surface area (Å²) >= 11 is 0. The third-order valence-electron chi connectivity index (χ3n) is 3.61. The summed E-state index contributed by atoms with van der Waals surface area (Å²) in [5, 5.41) is 5.65.